The number of benzene rings is 4. The predicted octanol–water partition coefficient (Wildman–Crippen LogP) is 6.20. The Kier molecular flexibility index (Phi) is 2.49. The van der Waals surface area contributed by atoms with Crippen molar-refractivity contribution >= 4 is 54.9 Å². The number of nitrogens with zero attached hydrogens (tertiary/aromatic N) is 3. The second-order valence-corrected chi connectivity index (χ2v) is 7.34. The van der Waals surface area contributed by atoms with Gasteiger partial charge in [-0.05, 0) is 35.7 Å². The van der Waals surface area contributed by atoms with E-state index in [1.807, 2.05) is 0 Å². The Hall–Kier alpha value is -3.85. The maximum absolute atomic E-state index is 5.16. The molecule has 0 aliphatic heterocycles. The molecule has 0 saturated carbocycles. The van der Waals surface area contributed by atoms with Gasteiger partial charge in [-0.25, -0.2) is 4.98 Å². The van der Waals surface area contributed by atoms with Gasteiger partial charge in [0, 0.05) is 10.8 Å². The van der Waals surface area contributed by atoms with E-state index in [2.05, 4.69) is 99.8 Å². The van der Waals surface area contributed by atoms with E-state index in [0.29, 0.717) is 0 Å². The van der Waals surface area contributed by atoms with Crippen LogP contribution in [0.1, 0.15) is 0 Å². The molecule has 0 amide bonds. The monoisotopic (exact) mass is 357 g/mol. The van der Waals surface area contributed by atoms with Gasteiger partial charge in [0.05, 0.1) is 33.1 Å². The Bertz CT molecular complexity index is 1720. The van der Waals surface area contributed by atoms with Crippen molar-refractivity contribution in [1.29, 1.82) is 0 Å². The average molecular weight is 357 g/mol. The predicted molar refractivity (Wildman–Crippen MR) is 116 cm³/mol. The van der Waals surface area contributed by atoms with Gasteiger partial charge in [-0.2, -0.15) is 0 Å². The van der Waals surface area contributed by atoms with Crippen LogP contribution in [-0.2, 0) is 0 Å². The van der Waals surface area contributed by atoms with Crippen LogP contribution in [0.15, 0.2) is 91.0 Å². The van der Waals surface area contributed by atoms with Gasteiger partial charge < -0.3 is 4.40 Å². The summed E-state index contributed by atoms with van der Waals surface area (Å²) in [6, 6.07) is 32.3. The highest BCUT2D eigenvalue weighted by atomic mass is 15.1. The van der Waals surface area contributed by atoms with Gasteiger partial charge in [0.1, 0.15) is 0 Å². The Morgan fingerprint density at radius 1 is 0.500 bits per heavy atom. The molecule has 0 bridgehead atoms. The number of rotatable bonds is 0. The van der Waals surface area contributed by atoms with Gasteiger partial charge in [0.2, 0.25) is 0 Å². The molecular formula is C25H15N3. The molecule has 28 heavy (non-hydrogen) atoms. The van der Waals surface area contributed by atoms with Crippen molar-refractivity contribution in [1.82, 2.24) is 13.8 Å². The summed E-state index contributed by atoms with van der Waals surface area (Å²) in [6.07, 6.45) is 0. The fourth-order valence-corrected chi connectivity index (χ4v) is 4.65. The molecule has 0 saturated heterocycles. The Morgan fingerprint density at radius 2 is 1.18 bits per heavy atom. The minimum atomic E-state index is 1.00. The number of para-hydroxylation sites is 3. The van der Waals surface area contributed by atoms with Gasteiger partial charge in [-0.3, -0.25) is 4.40 Å². The molecule has 7 rings (SSSR count). The minimum Gasteiger partial charge on any atom is -0.304 e. The highest BCUT2D eigenvalue weighted by Gasteiger charge is 2.16. The summed E-state index contributed by atoms with van der Waals surface area (Å²) in [7, 11) is 0. The first-order chi connectivity index (χ1) is 13.9. The van der Waals surface area contributed by atoms with Crippen LogP contribution in [0.4, 0.5) is 0 Å². The summed E-state index contributed by atoms with van der Waals surface area (Å²) in [5.74, 6) is 0. The zero-order chi connectivity index (χ0) is 18.2. The summed E-state index contributed by atoms with van der Waals surface area (Å²) >= 11 is 0. The fourth-order valence-electron chi connectivity index (χ4n) is 4.65. The molecule has 3 aromatic heterocycles. The van der Waals surface area contributed by atoms with E-state index in [9.17, 15) is 0 Å². The number of aromatic nitrogens is 3. The van der Waals surface area contributed by atoms with Crippen LogP contribution in [0.25, 0.3) is 54.9 Å². The van der Waals surface area contributed by atoms with Crippen LogP contribution in [0.5, 0.6) is 0 Å². The van der Waals surface area contributed by atoms with Gasteiger partial charge in [0.25, 0.3) is 0 Å². The molecule has 4 aromatic carbocycles. The molecule has 0 aliphatic carbocycles. The molecule has 0 radical (unpaired) electrons. The smallest absolute Gasteiger partial charge is 0.162 e. The molecule has 3 heterocycles. The Morgan fingerprint density at radius 3 is 2.04 bits per heavy atom. The van der Waals surface area contributed by atoms with Crippen molar-refractivity contribution in [2.24, 2.45) is 0 Å². The average Bonchev–Trinajstić information content (AvgIpc) is 3.33. The van der Waals surface area contributed by atoms with E-state index in [1.54, 1.807) is 0 Å². The first-order valence-corrected chi connectivity index (χ1v) is 9.51. The van der Waals surface area contributed by atoms with E-state index in [1.165, 1.54) is 32.7 Å². The van der Waals surface area contributed by atoms with Crippen molar-refractivity contribution < 1.29 is 0 Å². The second kappa shape index (κ2) is 4.90. The zero-order valence-electron chi connectivity index (χ0n) is 15.0. The lowest BCUT2D eigenvalue weighted by Crippen LogP contribution is -1.96. The van der Waals surface area contributed by atoms with Gasteiger partial charge in [0.15, 0.2) is 5.65 Å². The Labute approximate surface area is 160 Å². The van der Waals surface area contributed by atoms with Crippen LogP contribution < -0.4 is 0 Å². The standard InChI is InChI=1S/C25H15N3/c1-3-9-18-16(7-1)13-14-22-24(18)26-25-23-15-17-8-2-4-10-19(17)27(23)20-11-5-6-12-21(20)28(22)25/h1-15H. The summed E-state index contributed by atoms with van der Waals surface area (Å²) in [4.78, 5) is 5.16. The summed E-state index contributed by atoms with van der Waals surface area (Å²) in [5, 5.41) is 3.65. The van der Waals surface area contributed by atoms with Gasteiger partial charge in [-0.15, -0.1) is 0 Å². The van der Waals surface area contributed by atoms with Crippen molar-refractivity contribution in [3.05, 3.63) is 91.0 Å². The molecule has 0 spiro atoms. The molecule has 0 N–H and O–H groups in total. The molecule has 0 aliphatic rings. The lowest BCUT2D eigenvalue weighted by molar-refractivity contribution is 1.23. The summed E-state index contributed by atoms with van der Waals surface area (Å²) in [6.45, 7) is 0. The first-order valence-electron chi connectivity index (χ1n) is 9.51. The van der Waals surface area contributed by atoms with Crippen molar-refractivity contribution in [3.63, 3.8) is 0 Å². The maximum Gasteiger partial charge on any atom is 0.162 e. The molecule has 7 aromatic rings. The number of hydrogen-bond donors (Lipinski definition) is 0. The lowest BCUT2D eigenvalue weighted by atomic mass is 10.1. The largest absolute Gasteiger partial charge is 0.304 e. The van der Waals surface area contributed by atoms with Crippen LogP contribution in [0, 0.1) is 0 Å². The number of fused-ring (bicyclic) bond motifs is 12. The van der Waals surface area contributed by atoms with Gasteiger partial charge >= 0.3 is 0 Å². The third kappa shape index (κ3) is 1.62. The van der Waals surface area contributed by atoms with E-state index in [4.69, 9.17) is 4.98 Å². The molecule has 0 unspecified atom stereocenters. The molecule has 3 nitrogen and oxygen atoms in total. The van der Waals surface area contributed by atoms with E-state index < -0.39 is 0 Å². The fraction of sp³-hybridized carbons (Fsp3) is 0. The SMILES string of the molecule is c1ccc2c(c1)ccc1c2nc2c3cc4ccccc4n3c3ccccc3n12. The summed E-state index contributed by atoms with van der Waals surface area (Å²) in [5.41, 5.74) is 7.93. The number of imidazole rings is 1. The van der Waals surface area contributed by atoms with Crippen molar-refractivity contribution in [2.45, 2.75) is 0 Å². The van der Waals surface area contributed by atoms with E-state index in [0.717, 1.165) is 22.2 Å². The Balaban J connectivity index is 1.87. The zero-order valence-corrected chi connectivity index (χ0v) is 15.0. The van der Waals surface area contributed by atoms with Gasteiger partial charge in [-0.1, -0.05) is 60.7 Å². The lowest BCUT2D eigenvalue weighted by Gasteiger charge is -2.08. The maximum atomic E-state index is 5.16. The van der Waals surface area contributed by atoms with Crippen molar-refractivity contribution in [2.75, 3.05) is 0 Å². The molecule has 0 fully saturated rings. The molecule has 0 atom stereocenters. The highest BCUT2D eigenvalue weighted by molar-refractivity contribution is 6.09. The number of hydrogen-bond acceptors (Lipinski definition) is 1. The second-order valence-electron chi connectivity index (χ2n) is 7.34. The minimum absolute atomic E-state index is 1.00. The third-order valence-corrected chi connectivity index (χ3v) is 5.85. The highest BCUT2D eigenvalue weighted by Crippen LogP contribution is 2.33. The van der Waals surface area contributed by atoms with Crippen LogP contribution in [0.3, 0.4) is 0 Å². The molecule has 130 valence electrons. The van der Waals surface area contributed by atoms with E-state index in [-0.39, 0.29) is 0 Å². The van der Waals surface area contributed by atoms with E-state index >= 15 is 0 Å². The van der Waals surface area contributed by atoms with Crippen LogP contribution in [0.2, 0.25) is 0 Å². The van der Waals surface area contributed by atoms with Crippen LogP contribution >= 0.6 is 0 Å². The third-order valence-electron chi connectivity index (χ3n) is 5.85. The van der Waals surface area contributed by atoms with Crippen LogP contribution in [-0.4, -0.2) is 13.8 Å². The van der Waals surface area contributed by atoms with Crippen molar-refractivity contribution in [3.8, 4) is 0 Å². The first kappa shape index (κ1) is 14.2. The topological polar surface area (TPSA) is 21.7 Å². The summed E-state index contributed by atoms with van der Waals surface area (Å²) < 4.78 is 4.65. The normalized spacial score (nSPS) is 12.3. The molecule has 3 heteroatoms. The quantitative estimate of drug-likeness (QED) is 0.317. The molecular weight excluding hydrogens is 342 g/mol.